The number of hydrogen-bond donors (Lipinski definition) is 1. The predicted molar refractivity (Wildman–Crippen MR) is 105 cm³/mol. The van der Waals surface area contributed by atoms with Gasteiger partial charge in [-0.1, -0.05) is 6.08 Å². The number of aliphatic imine (C=N–C) groups is 1. The zero-order valence-corrected chi connectivity index (χ0v) is 15.9. The van der Waals surface area contributed by atoms with E-state index in [0.29, 0.717) is 24.0 Å². The molecule has 0 radical (unpaired) electrons. The van der Waals surface area contributed by atoms with Gasteiger partial charge < -0.3 is 14.0 Å². The largest absolute Gasteiger partial charge is 0.468 e. The molecule has 1 N–H and O–H groups in total. The van der Waals surface area contributed by atoms with Crippen molar-refractivity contribution in [1.29, 1.82) is 0 Å². The van der Waals surface area contributed by atoms with Crippen molar-refractivity contribution >= 4 is 23.2 Å². The molecule has 6 nitrogen and oxygen atoms in total. The molecular formula is C21H15F4N5O. The molecule has 0 saturated heterocycles. The van der Waals surface area contributed by atoms with Crippen molar-refractivity contribution in [2.75, 3.05) is 0 Å². The number of allylic oxidation sites excluding steroid dienone is 4. The molecule has 0 spiro atoms. The summed E-state index contributed by atoms with van der Waals surface area (Å²) in [7, 11) is 0. The van der Waals surface area contributed by atoms with Gasteiger partial charge in [-0.05, 0) is 35.8 Å². The monoisotopic (exact) mass is 429 g/mol. The van der Waals surface area contributed by atoms with Crippen molar-refractivity contribution in [2.24, 2.45) is 4.99 Å². The second kappa shape index (κ2) is 7.22. The summed E-state index contributed by atoms with van der Waals surface area (Å²) in [5.41, 5.74) is 2.71. The first-order valence-electron chi connectivity index (χ1n) is 9.43. The maximum atomic E-state index is 13.5. The number of aromatic amines is 1. The molecule has 0 fully saturated rings. The highest BCUT2D eigenvalue weighted by atomic mass is 19.4. The lowest BCUT2D eigenvalue weighted by atomic mass is 10.0. The summed E-state index contributed by atoms with van der Waals surface area (Å²) in [5.74, 6) is -0.923. The lowest BCUT2D eigenvalue weighted by Crippen LogP contribution is -2.35. The van der Waals surface area contributed by atoms with Gasteiger partial charge in [-0.25, -0.2) is 19.4 Å². The average molecular weight is 429 g/mol. The fourth-order valence-electron chi connectivity index (χ4n) is 3.71. The van der Waals surface area contributed by atoms with Crippen LogP contribution in [-0.4, -0.2) is 25.7 Å². The van der Waals surface area contributed by atoms with Crippen LogP contribution in [0, 0.1) is 0 Å². The van der Waals surface area contributed by atoms with Crippen molar-refractivity contribution in [3.05, 3.63) is 76.8 Å². The molecule has 1 aliphatic heterocycles. The molecule has 0 saturated carbocycles. The van der Waals surface area contributed by atoms with Crippen LogP contribution < -0.4 is 10.7 Å². The van der Waals surface area contributed by atoms with Gasteiger partial charge in [-0.15, -0.1) is 0 Å². The van der Waals surface area contributed by atoms with Crippen LogP contribution in [-0.2, 0) is 12.7 Å². The zero-order chi connectivity index (χ0) is 21.6. The van der Waals surface area contributed by atoms with Crippen LogP contribution in [0.5, 0.6) is 0 Å². The van der Waals surface area contributed by atoms with Gasteiger partial charge in [0.2, 0.25) is 0 Å². The molecule has 31 heavy (non-hydrogen) atoms. The number of halogens is 4. The normalized spacial score (nSPS) is 19.5. The Kier molecular flexibility index (Phi) is 4.49. The molecular weight excluding hydrogens is 414 g/mol. The first-order chi connectivity index (χ1) is 14.9. The molecule has 0 unspecified atom stereocenters. The molecule has 3 aromatic rings. The Morgan fingerprint density at radius 3 is 2.81 bits per heavy atom. The van der Waals surface area contributed by atoms with Crippen LogP contribution in [0.3, 0.4) is 0 Å². The third-order valence-corrected chi connectivity index (χ3v) is 5.08. The van der Waals surface area contributed by atoms with Gasteiger partial charge in [-0.2, -0.15) is 13.2 Å². The van der Waals surface area contributed by atoms with E-state index in [1.165, 1.54) is 12.2 Å². The minimum Gasteiger partial charge on any atom is -0.441 e. The van der Waals surface area contributed by atoms with Crippen LogP contribution in [0.1, 0.15) is 30.0 Å². The average Bonchev–Trinajstić information content (AvgIpc) is 3.47. The molecule has 4 heterocycles. The van der Waals surface area contributed by atoms with Gasteiger partial charge in [0.25, 0.3) is 0 Å². The Morgan fingerprint density at radius 1 is 1.19 bits per heavy atom. The third-order valence-electron chi connectivity index (χ3n) is 5.08. The summed E-state index contributed by atoms with van der Waals surface area (Å²) in [5, 5.41) is 1.36. The number of oxazole rings is 1. The highest BCUT2D eigenvalue weighted by Crippen LogP contribution is 2.29. The number of H-pyrrole nitrogens is 1. The standard InChI is InChI=1S/C21H15F4N5O/c22-13-3-1-12(2-4-13)17-18(15-5-7-26-19-16(15)6-8-27-19)30(11-28-17)9-14-10-31-20(29-14)21(23,24)25/h1,3-4,6-8,10-11,27H,2,5,9H2. The van der Waals surface area contributed by atoms with Crippen LogP contribution in [0.25, 0.3) is 11.1 Å². The van der Waals surface area contributed by atoms with Crippen molar-refractivity contribution < 1.29 is 22.0 Å². The molecule has 10 heteroatoms. The summed E-state index contributed by atoms with van der Waals surface area (Å²) in [6.45, 7) is 0.0313. The number of nitrogens with zero attached hydrogens (tertiary/aromatic N) is 4. The second-order valence-corrected chi connectivity index (χ2v) is 7.10. The first kappa shape index (κ1) is 19.3. The van der Waals surface area contributed by atoms with E-state index in [1.54, 1.807) is 29.4 Å². The molecule has 0 aromatic carbocycles. The third kappa shape index (κ3) is 3.54. The van der Waals surface area contributed by atoms with Crippen LogP contribution in [0.15, 0.2) is 58.3 Å². The summed E-state index contributed by atoms with van der Waals surface area (Å²) in [6, 6.07) is 1.89. The number of imidazole rings is 1. The minimum absolute atomic E-state index is 0.0313. The number of hydrogen-bond acceptors (Lipinski definition) is 4. The fourth-order valence-corrected chi connectivity index (χ4v) is 3.71. The number of alkyl halides is 3. The van der Waals surface area contributed by atoms with Gasteiger partial charge in [0.05, 0.1) is 29.3 Å². The Labute approximate surface area is 172 Å². The fraction of sp³-hybridized carbons (Fsp3) is 0.190. The first-order valence-corrected chi connectivity index (χ1v) is 9.43. The van der Waals surface area contributed by atoms with Gasteiger partial charge in [0, 0.05) is 24.4 Å². The lowest BCUT2D eigenvalue weighted by molar-refractivity contribution is -0.157. The van der Waals surface area contributed by atoms with E-state index in [4.69, 9.17) is 0 Å². The zero-order valence-electron chi connectivity index (χ0n) is 15.9. The van der Waals surface area contributed by atoms with E-state index in [2.05, 4.69) is 24.4 Å². The summed E-state index contributed by atoms with van der Waals surface area (Å²) in [4.78, 5) is 15.5. The van der Waals surface area contributed by atoms with E-state index in [9.17, 15) is 17.6 Å². The van der Waals surface area contributed by atoms with E-state index in [0.717, 1.165) is 28.3 Å². The molecule has 0 amide bonds. The Balaban J connectivity index is 1.70. The highest BCUT2D eigenvalue weighted by molar-refractivity contribution is 5.88. The molecule has 1 aliphatic carbocycles. The van der Waals surface area contributed by atoms with E-state index < -0.39 is 12.1 Å². The highest BCUT2D eigenvalue weighted by Gasteiger charge is 2.37. The second-order valence-electron chi connectivity index (χ2n) is 7.10. The van der Waals surface area contributed by atoms with Crippen molar-refractivity contribution in [3.8, 4) is 0 Å². The minimum atomic E-state index is -4.66. The van der Waals surface area contributed by atoms with Crippen LogP contribution >= 0.6 is 0 Å². The van der Waals surface area contributed by atoms with Gasteiger partial charge in [0.15, 0.2) is 0 Å². The summed E-state index contributed by atoms with van der Waals surface area (Å²) >= 11 is 0. The Bertz CT molecular complexity index is 1370. The quantitative estimate of drug-likeness (QED) is 0.634. The maximum Gasteiger partial charge on any atom is 0.468 e. The SMILES string of the molecule is FC1=CCC(=c2ncn(Cc3coc(C(F)(F)F)n3)c2=C2CC=Nc3[nH]ccc32)C=C1. The van der Waals surface area contributed by atoms with E-state index in [1.807, 2.05) is 6.07 Å². The number of rotatable bonds is 2. The molecule has 5 rings (SSSR count). The molecule has 0 atom stereocenters. The van der Waals surface area contributed by atoms with Crippen LogP contribution in [0.4, 0.5) is 23.4 Å². The smallest absolute Gasteiger partial charge is 0.441 e. The molecule has 3 aromatic heterocycles. The van der Waals surface area contributed by atoms with Crippen molar-refractivity contribution in [2.45, 2.75) is 25.6 Å². The molecule has 2 aliphatic rings. The number of nitrogens with one attached hydrogen (secondary N) is 1. The van der Waals surface area contributed by atoms with Crippen molar-refractivity contribution in [1.82, 2.24) is 19.5 Å². The Morgan fingerprint density at radius 2 is 2.06 bits per heavy atom. The number of aromatic nitrogens is 4. The van der Waals surface area contributed by atoms with Gasteiger partial charge in [-0.3, -0.25) is 0 Å². The van der Waals surface area contributed by atoms with Crippen LogP contribution in [0.2, 0.25) is 0 Å². The summed E-state index contributed by atoms with van der Waals surface area (Å²) in [6.07, 6.45) is 6.77. The maximum absolute atomic E-state index is 13.5. The van der Waals surface area contributed by atoms with E-state index >= 15 is 0 Å². The topological polar surface area (TPSA) is 72.0 Å². The van der Waals surface area contributed by atoms with Gasteiger partial charge in [0.1, 0.15) is 17.9 Å². The predicted octanol–water partition coefficient (Wildman–Crippen LogP) is 3.54. The Hall–Kier alpha value is -3.69. The molecule has 158 valence electrons. The number of fused-ring (bicyclic) bond motifs is 1. The van der Waals surface area contributed by atoms with Gasteiger partial charge >= 0.3 is 12.1 Å². The molecule has 0 bridgehead atoms. The lowest BCUT2D eigenvalue weighted by Gasteiger charge is -2.11. The van der Waals surface area contributed by atoms with Crippen molar-refractivity contribution in [3.63, 3.8) is 0 Å². The summed E-state index contributed by atoms with van der Waals surface area (Å²) < 4.78 is 58.4. The van der Waals surface area contributed by atoms with E-state index in [-0.39, 0.29) is 18.1 Å².